The fraction of sp³-hybridized carbons (Fsp3) is 0. The maximum absolute atomic E-state index is 8.76. The monoisotopic (exact) mass is 191 g/mol. The van der Waals surface area contributed by atoms with Crippen molar-refractivity contribution in [2.75, 3.05) is 0 Å². The van der Waals surface area contributed by atoms with Gasteiger partial charge in [-0.15, -0.1) is 0 Å². The second-order valence-electron chi connectivity index (χ2n) is 1.49. The fourth-order valence-electron chi connectivity index (χ4n) is 0.446. The molecular formula is C6H5MoO. The molecule has 1 nitrogen and oxygen atoms in total. The van der Waals surface area contributed by atoms with Crippen LogP contribution in [0.25, 0.3) is 0 Å². The quantitative estimate of drug-likeness (QED) is 0.591. The summed E-state index contributed by atoms with van der Waals surface area (Å²) in [7, 11) is 0. The van der Waals surface area contributed by atoms with Crippen LogP contribution in [0.15, 0.2) is 24.3 Å². The Balaban J connectivity index is 3.03. The summed E-state index contributed by atoms with van der Waals surface area (Å²) in [6.45, 7) is 0. The number of phenolic OH excluding ortho intramolecular Hbond substituents is 1. The molecule has 8 heavy (non-hydrogen) atoms. The number of phenols is 1. The van der Waals surface area contributed by atoms with Gasteiger partial charge < -0.3 is 0 Å². The molecule has 0 saturated heterocycles. The molecule has 41 valence electrons. The summed E-state index contributed by atoms with van der Waals surface area (Å²) in [6, 6.07) is 7.11. The predicted molar refractivity (Wildman–Crippen MR) is 27.7 cm³/mol. The van der Waals surface area contributed by atoms with E-state index in [-0.39, 0.29) is 0 Å². The summed E-state index contributed by atoms with van der Waals surface area (Å²) >= 11 is 1.92. The molecule has 0 aromatic heterocycles. The molecule has 0 bridgehead atoms. The van der Waals surface area contributed by atoms with E-state index >= 15 is 0 Å². The van der Waals surface area contributed by atoms with Crippen molar-refractivity contribution in [2.45, 2.75) is 0 Å². The van der Waals surface area contributed by atoms with Gasteiger partial charge in [0, 0.05) is 0 Å². The van der Waals surface area contributed by atoms with Gasteiger partial charge in [0.25, 0.3) is 0 Å². The number of rotatable bonds is 0. The van der Waals surface area contributed by atoms with Gasteiger partial charge in [-0.3, -0.25) is 0 Å². The van der Waals surface area contributed by atoms with Gasteiger partial charge in [0.05, 0.1) is 0 Å². The summed E-state index contributed by atoms with van der Waals surface area (Å²) in [6.07, 6.45) is 0. The van der Waals surface area contributed by atoms with E-state index in [0.717, 1.165) is 0 Å². The Labute approximate surface area is 59.2 Å². The van der Waals surface area contributed by atoms with Gasteiger partial charge in [0.1, 0.15) is 0 Å². The summed E-state index contributed by atoms with van der Waals surface area (Å²) < 4.78 is 1.18. The molecule has 0 aliphatic rings. The van der Waals surface area contributed by atoms with Crippen molar-refractivity contribution in [1.82, 2.24) is 0 Å². The average molecular weight is 189 g/mol. The molecule has 0 fully saturated rings. The van der Waals surface area contributed by atoms with Crippen LogP contribution < -0.4 is 3.95 Å². The zero-order valence-electron chi connectivity index (χ0n) is 4.16. The van der Waals surface area contributed by atoms with E-state index in [2.05, 4.69) is 0 Å². The Hall–Kier alpha value is -0.292. The molecule has 0 radical (unpaired) electrons. The third kappa shape index (κ3) is 1.34. The van der Waals surface area contributed by atoms with Gasteiger partial charge >= 0.3 is 58.9 Å². The molecule has 0 amide bonds. The zero-order chi connectivity index (χ0) is 5.98. The van der Waals surface area contributed by atoms with Crippen molar-refractivity contribution >= 4 is 3.95 Å². The zero-order valence-corrected chi connectivity index (χ0v) is 6.17. The summed E-state index contributed by atoms with van der Waals surface area (Å²) in [4.78, 5) is 0. The normalized spacial score (nSPS) is 9.00. The summed E-state index contributed by atoms with van der Waals surface area (Å²) in [5.41, 5.74) is 0. The molecule has 0 unspecified atom stereocenters. The Morgan fingerprint density at radius 1 is 1.12 bits per heavy atom. The van der Waals surface area contributed by atoms with Crippen LogP contribution in [0, 0.1) is 0 Å². The van der Waals surface area contributed by atoms with E-state index in [9.17, 15) is 0 Å². The van der Waals surface area contributed by atoms with E-state index < -0.39 is 0 Å². The third-order valence-electron chi connectivity index (χ3n) is 0.837. The first-order valence-corrected chi connectivity index (χ1v) is 3.25. The molecule has 0 spiro atoms. The molecular weight excluding hydrogens is 184 g/mol. The first-order valence-electron chi connectivity index (χ1n) is 2.25. The fourth-order valence-corrected chi connectivity index (χ4v) is 0.781. The number of aromatic hydroxyl groups is 1. The van der Waals surface area contributed by atoms with E-state index in [1.807, 2.05) is 31.9 Å². The summed E-state index contributed by atoms with van der Waals surface area (Å²) in [5, 5.41) is 8.76. The first kappa shape index (κ1) is 5.84. The molecule has 0 saturated carbocycles. The number of hydrogen-bond donors (Lipinski definition) is 1. The number of benzene rings is 1. The standard InChI is InChI=1S/C6H5O.Mo/c7-6-4-2-1-3-5-6;/h2-5,7H;. The van der Waals surface area contributed by atoms with Crippen LogP contribution in [0.3, 0.4) is 0 Å². The van der Waals surface area contributed by atoms with Gasteiger partial charge in [0.15, 0.2) is 0 Å². The Morgan fingerprint density at radius 2 is 1.62 bits per heavy atom. The van der Waals surface area contributed by atoms with Crippen molar-refractivity contribution in [3.63, 3.8) is 0 Å². The van der Waals surface area contributed by atoms with Gasteiger partial charge in [-0.2, -0.15) is 0 Å². The third-order valence-corrected chi connectivity index (χ3v) is 1.51. The van der Waals surface area contributed by atoms with Crippen LogP contribution in [0.4, 0.5) is 0 Å². The van der Waals surface area contributed by atoms with Gasteiger partial charge in [-0.25, -0.2) is 0 Å². The molecule has 1 rings (SSSR count). The van der Waals surface area contributed by atoms with Crippen LogP contribution >= 0.6 is 0 Å². The van der Waals surface area contributed by atoms with Crippen LogP contribution in [0.5, 0.6) is 5.75 Å². The molecule has 1 aromatic rings. The van der Waals surface area contributed by atoms with Crippen LogP contribution in [-0.2, 0) is 19.8 Å². The molecule has 2 heteroatoms. The second kappa shape index (κ2) is 2.32. The average Bonchev–Trinajstić information content (AvgIpc) is 1.77. The topological polar surface area (TPSA) is 20.2 Å². The Kier molecular flexibility index (Phi) is 1.69. The Morgan fingerprint density at radius 3 is 2.00 bits per heavy atom. The van der Waals surface area contributed by atoms with Crippen LogP contribution in [0.2, 0.25) is 0 Å². The van der Waals surface area contributed by atoms with Gasteiger partial charge in [-0.1, -0.05) is 0 Å². The summed E-state index contributed by atoms with van der Waals surface area (Å²) in [5.74, 6) is 0.331. The van der Waals surface area contributed by atoms with Crippen molar-refractivity contribution in [3.8, 4) is 5.75 Å². The van der Waals surface area contributed by atoms with Gasteiger partial charge in [0.2, 0.25) is 0 Å². The van der Waals surface area contributed by atoms with Crippen molar-refractivity contribution in [2.24, 2.45) is 0 Å². The van der Waals surface area contributed by atoms with Crippen LogP contribution in [0.1, 0.15) is 0 Å². The minimum atomic E-state index is 0.331. The van der Waals surface area contributed by atoms with Gasteiger partial charge in [-0.05, 0) is 0 Å². The van der Waals surface area contributed by atoms with Crippen molar-refractivity contribution in [1.29, 1.82) is 0 Å². The molecule has 0 aliphatic carbocycles. The van der Waals surface area contributed by atoms with Crippen molar-refractivity contribution < 1.29 is 24.9 Å². The predicted octanol–water partition coefficient (Wildman–Crippen LogP) is 0.564. The van der Waals surface area contributed by atoms with E-state index in [0.29, 0.717) is 5.75 Å². The molecule has 0 atom stereocenters. The minimum absolute atomic E-state index is 0.331. The van der Waals surface area contributed by atoms with Crippen LogP contribution in [-0.4, -0.2) is 5.11 Å². The SMILES string of the molecule is Oc1cc[c]([Mo])cc1. The molecule has 1 N–H and O–H groups in total. The Bertz CT molecular complexity index is 147. The van der Waals surface area contributed by atoms with E-state index in [4.69, 9.17) is 5.11 Å². The second-order valence-corrected chi connectivity index (χ2v) is 2.65. The van der Waals surface area contributed by atoms with Crippen molar-refractivity contribution in [3.05, 3.63) is 24.3 Å². The van der Waals surface area contributed by atoms with E-state index in [1.165, 1.54) is 3.95 Å². The maximum atomic E-state index is 8.76. The molecule has 0 aliphatic heterocycles. The molecule has 1 aromatic carbocycles. The first-order chi connectivity index (χ1) is 3.79. The van der Waals surface area contributed by atoms with E-state index in [1.54, 1.807) is 12.1 Å². The molecule has 0 heterocycles. The number of hydrogen-bond acceptors (Lipinski definition) is 1.